The summed E-state index contributed by atoms with van der Waals surface area (Å²) in [4.78, 5) is 17.2. The van der Waals surface area contributed by atoms with Gasteiger partial charge in [0.2, 0.25) is 0 Å². The minimum atomic E-state index is 0.0138. The van der Waals surface area contributed by atoms with Crippen molar-refractivity contribution in [2.45, 2.75) is 32.2 Å². The van der Waals surface area contributed by atoms with Crippen LogP contribution in [-0.4, -0.2) is 51.1 Å². The topological polar surface area (TPSA) is 47.6 Å². The van der Waals surface area contributed by atoms with Gasteiger partial charge in [0.1, 0.15) is 0 Å². The summed E-state index contributed by atoms with van der Waals surface area (Å²) in [7, 11) is 4.14. The number of nitrogens with zero attached hydrogens (tertiary/aromatic N) is 2. The first-order valence-corrected chi connectivity index (χ1v) is 11.9. The van der Waals surface area contributed by atoms with E-state index in [2.05, 4.69) is 96.9 Å². The van der Waals surface area contributed by atoms with Crippen LogP contribution in [0.3, 0.4) is 0 Å². The lowest BCUT2D eigenvalue weighted by Crippen LogP contribution is -2.35. The Kier molecular flexibility index (Phi) is 6.85. The molecule has 0 radical (unpaired) electrons. The van der Waals surface area contributed by atoms with Gasteiger partial charge in [-0.15, -0.1) is 0 Å². The second-order valence-corrected chi connectivity index (χ2v) is 9.05. The smallest absolute Gasteiger partial charge is 0.251 e. The molecule has 0 aromatic heterocycles. The van der Waals surface area contributed by atoms with E-state index in [4.69, 9.17) is 0 Å². The van der Waals surface area contributed by atoms with Crippen molar-refractivity contribution in [2.24, 2.45) is 5.92 Å². The Balaban J connectivity index is 1.51. The number of hydrogen-bond acceptors (Lipinski definition) is 4. The van der Waals surface area contributed by atoms with Crippen LogP contribution in [0.25, 0.3) is 0 Å². The van der Waals surface area contributed by atoms with Crippen molar-refractivity contribution in [3.8, 4) is 0 Å². The van der Waals surface area contributed by atoms with E-state index in [0.29, 0.717) is 18.4 Å². The van der Waals surface area contributed by atoms with E-state index < -0.39 is 0 Å². The van der Waals surface area contributed by atoms with Gasteiger partial charge in [-0.05, 0) is 66.9 Å². The van der Waals surface area contributed by atoms with E-state index in [-0.39, 0.29) is 11.9 Å². The number of allylic oxidation sites excluding steroid dienone is 2. The molecule has 170 valence electrons. The van der Waals surface area contributed by atoms with Crippen LogP contribution in [0.1, 0.15) is 53.7 Å². The van der Waals surface area contributed by atoms with Crippen LogP contribution >= 0.6 is 0 Å². The SMILES string of the molecule is CCN(CC)CCNC(=O)c1ccc2c(c1)C1C=CCC1C(c1ccc(N(C)C)cc1)N2. The molecular formula is C27H36N4O. The van der Waals surface area contributed by atoms with Crippen molar-refractivity contribution in [1.29, 1.82) is 0 Å². The highest BCUT2D eigenvalue weighted by molar-refractivity contribution is 5.95. The number of benzene rings is 2. The fraction of sp³-hybridized carbons (Fsp3) is 0.444. The summed E-state index contributed by atoms with van der Waals surface area (Å²) in [6, 6.07) is 15.3. The minimum absolute atomic E-state index is 0.0138. The van der Waals surface area contributed by atoms with Gasteiger partial charge in [-0.25, -0.2) is 0 Å². The molecule has 1 aliphatic heterocycles. The van der Waals surface area contributed by atoms with Crippen LogP contribution in [0.5, 0.6) is 0 Å². The molecule has 2 aromatic rings. The molecule has 0 bridgehead atoms. The van der Waals surface area contributed by atoms with Gasteiger partial charge in [0.15, 0.2) is 0 Å². The number of hydrogen-bond donors (Lipinski definition) is 2. The summed E-state index contributed by atoms with van der Waals surface area (Å²) in [6.45, 7) is 7.87. The predicted molar refractivity (Wildman–Crippen MR) is 134 cm³/mol. The van der Waals surface area contributed by atoms with Crippen molar-refractivity contribution in [3.05, 3.63) is 71.3 Å². The molecule has 0 saturated heterocycles. The maximum Gasteiger partial charge on any atom is 0.251 e. The number of fused-ring (bicyclic) bond motifs is 3. The lowest BCUT2D eigenvalue weighted by Gasteiger charge is -2.38. The van der Waals surface area contributed by atoms with Gasteiger partial charge < -0.3 is 20.4 Å². The zero-order valence-corrected chi connectivity index (χ0v) is 19.8. The first-order valence-electron chi connectivity index (χ1n) is 11.9. The Hall–Kier alpha value is -2.79. The van der Waals surface area contributed by atoms with E-state index in [1.165, 1.54) is 16.8 Å². The molecule has 5 heteroatoms. The summed E-state index contributed by atoms with van der Waals surface area (Å²) in [5.74, 6) is 0.821. The average Bonchev–Trinajstić information content (AvgIpc) is 3.31. The second kappa shape index (κ2) is 9.78. The molecule has 2 aromatic carbocycles. The molecule has 3 unspecified atom stereocenters. The monoisotopic (exact) mass is 432 g/mol. The van der Waals surface area contributed by atoms with E-state index in [0.717, 1.165) is 37.3 Å². The van der Waals surface area contributed by atoms with Gasteiger partial charge in [0, 0.05) is 50.0 Å². The first kappa shape index (κ1) is 22.4. The Bertz CT molecular complexity index is 962. The van der Waals surface area contributed by atoms with Crippen LogP contribution in [0.15, 0.2) is 54.6 Å². The summed E-state index contributed by atoms with van der Waals surface area (Å²) in [5, 5.41) is 6.87. The molecule has 0 saturated carbocycles. The molecule has 1 aliphatic carbocycles. The molecular weight excluding hydrogens is 396 g/mol. The molecule has 4 rings (SSSR count). The Labute approximate surface area is 192 Å². The summed E-state index contributed by atoms with van der Waals surface area (Å²) in [5.41, 5.74) is 5.65. The third-order valence-electron chi connectivity index (χ3n) is 7.00. The Morgan fingerprint density at radius 3 is 2.53 bits per heavy atom. The largest absolute Gasteiger partial charge is 0.378 e. The molecule has 32 heavy (non-hydrogen) atoms. The van der Waals surface area contributed by atoms with Crippen molar-refractivity contribution in [1.82, 2.24) is 10.2 Å². The van der Waals surface area contributed by atoms with Crippen LogP contribution in [0, 0.1) is 5.92 Å². The third-order valence-corrected chi connectivity index (χ3v) is 7.00. The minimum Gasteiger partial charge on any atom is -0.378 e. The van der Waals surface area contributed by atoms with E-state index in [9.17, 15) is 4.79 Å². The van der Waals surface area contributed by atoms with Crippen molar-refractivity contribution in [3.63, 3.8) is 0 Å². The highest BCUT2D eigenvalue weighted by Crippen LogP contribution is 2.50. The summed E-state index contributed by atoms with van der Waals surface area (Å²) < 4.78 is 0. The fourth-order valence-corrected chi connectivity index (χ4v) is 5.01. The van der Waals surface area contributed by atoms with Crippen LogP contribution < -0.4 is 15.5 Å². The highest BCUT2D eigenvalue weighted by atomic mass is 16.1. The zero-order valence-electron chi connectivity index (χ0n) is 19.8. The number of rotatable bonds is 8. The van der Waals surface area contributed by atoms with Gasteiger partial charge >= 0.3 is 0 Å². The second-order valence-electron chi connectivity index (χ2n) is 9.05. The lowest BCUT2D eigenvalue weighted by molar-refractivity contribution is 0.0948. The zero-order chi connectivity index (χ0) is 22.7. The van der Waals surface area contributed by atoms with E-state index >= 15 is 0 Å². The van der Waals surface area contributed by atoms with E-state index in [1.54, 1.807) is 0 Å². The van der Waals surface area contributed by atoms with Gasteiger partial charge in [-0.1, -0.05) is 38.1 Å². The number of carbonyl (C=O) groups is 1. The Morgan fingerprint density at radius 1 is 1.09 bits per heavy atom. The van der Waals surface area contributed by atoms with Crippen LogP contribution in [-0.2, 0) is 0 Å². The molecule has 0 fully saturated rings. The normalized spacial score (nSPS) is 21.1. The quantitative estimate of drug-likeness (QED) is 0.596. The Morgan fingerprint density at radius 2 is 1.84 bits per heavy atom. The molecule has 2 N–H and O–H groups in total. The molecule has 1 heterocycles. The maximum atomic E-state index is 12.8. The average molecular weight is 433 g/mol. The number of likely N-dealkylation sites (N-methyl/N-ethyl adjacent to an activating group) is 1. The summed E-state index contributed by atoms with van der Waals surface area (Å²) in [6.07, 6.45) is 5.68. The molecule has 2 aliphatic rings. The summed E-state index contributed by atoms with van der Waals surface area (Å²) >= 11 is 0. The van der Waals surface area contributed by atoms with Crippen LogP contribution in [0.2, 0.25) is 0 Å². The van der Waals surface area contributed by atoms with Crippen molar-refractivity contribution < 1.29 is 4.79 Å². The maximum absolute atomic E-state index is 12.8. The molecule has 1 amide bonds. The van der Waals surface area contributed by atoms with Crippen molar-refractivity contribution in [2.75, 3.05) is 50.5 Å². The van der Waals surface area contributed by atoms with Crippen LogP contribution in [0.4, 0.5) is 11.4 Å². The van der Waals surface area contributed by atoms with Crippen molar-refractivity contribution >= 4 is 17.3 Å². The number of carbonyl (C=O) groups excluding carboxylic acids is 1. The van der Waals surface area contributed by atoms with E-state index in [1.807, 2.05) is 6.07 Å². The molecule has 0 spiro atoms. The molecule has 3 atom stereocenters. The first-order chi connectivity index (χ1) is 15.5. The highest BCUT2D eigenvalue weighted by Gasteiger charge is 2.38. The fourth-order valence-electron chi connectivity index (χ4n) is 5.01. The number of nitrogens with one attached hydrogen (secondary N) is 2. The van der Waals surface area contributed by atoms with Gasteiger partial charge in [0.05, 0.1) is 6.04 Å². The lowest BCUT2D eigenvalue weighted by atomic mass is 9.76. The van der Waals surface area contributed by atoms with Gasteiger partial charge in [-0.2, -0.15) is 0 Å². The predicted octanol–water partition coefficient (Wildman–Crippen LogP) is 4.65. The third kappa shape index (κ3) is 4.53. The standard InChI is InChI=1S/C27H36N4O/c1-5-31(6-2)17-16-28-27(32)20-12-15-25-24(18-20)22-8-7-9-23(22)26(29-25)19-10-13-21(14-11-19)30(3)4/h7-8,10-15,18,22-23,26,29H,5-6,9,16-17H2,1-4H3,(H,28,32). The van der Waals surface area contributed by atoms with Gasteiger partial charge in [-0.3, -0.25) is 4.79 Å². The number of anilines is 2. The number of amides is 1. The van der Waals surface area contributed by atoms with Gasteiger partial charge in [0.25, 0.3) is 5.91 Å². The molecule has 5 nitrogen and oxygen atoms in total.